The molecule has 0 bridgehead atoms. The summed E-state index contributed by atoms with van der Waals surface area (Å²) >= 11 is 0. The van der Waals surface area contributed by atoms with Gasteiger partial charge in [0, 0.05) is 49.1 Å². The Morgan fingerprint density at radius 1 is 0.838 bits per heavy atom. The normalized spacial score (nSPS) is 18.5. The zero-order valence-corrected chi connectivity index (χ0v) is 22.7. The highest BCUT2D eigenvalue weighted by Crippen LogP contribution is 2.36. The number of rotatable bonds is 5. The van der Waals surface area contributed by atoms with Crippen molar-refractivity contribution >= 4 is 17.3 Å². The standard InChI is InChI=1S/C31H39N5O/c1-23-10-12-27(13-11-23)36(26-8-6-5-7-9-26)28-14-18-35(19-15-28)31(4)16-20-34(21-17-31)30(37)29-24(2)32-22-33-25(29)3/h5-13,22,28H,14-21H2,1-4H3. The summed E-state index contributed by atoms with van der Waals surface area (Å²) in [6, 6.07) is 20.2. The van der Waals surface area contributed by atoms with Gasteiger partial charge >= 0.3 is 0 Å². The Morgan fingerprint density at radius 2 is 1.41 bits per heavy atom. The van der Waals surface area contributed by atoms with Gasteiger partial charge in [0.2, 0.25) is 0 Å². The third-order valence-electron chi connectivity index (χ3n) is 8.51. The first kappa shape index (κ1) is 25.4. The fourth-order valence-electron chi connectivity index (χ4n) is 6.10. The van der Waals surface area contributed by atoms with Crippen molar-refractivity contribution in [3.8, 4) is 0 Å². The van der Waals surface area contributed by atoms with Crippen molar-refractivity contribution in [1.29, 1.82) is 0 Å². The van der Waals surface area contributed by atoms with Gasteiger partial charge in [0.25, 0.3) is 5.91 Å². The molecule has 0 atom stereocenters. The number of anilines is 2. The van der Waals surface area contributed by atoms with Crippen LogP contribution in [0.3, 0.4) is 0 Å². The van der Waals surface area contributed by atoms with E-state index >= 15 is 0 Å². The minimum absolute atomic E-state index is 0.0768. The number of aryl methyl sites for hydroxylation is 3. The molecule has 2 aliphatic heterocycles. The molecule has 6 heteroatoms. The van der Waals surface area contributed by atoms with E-state index in [0.29, 0.717) is 11.6 Å². The quantitative estimate of drug-likeness (QED) is 0.453. The van der Waals surface area contributed by atoms with Crippen molar-refractivity contribution in [2.24, 2.45) is 0 Å². The van der Waals surface area contributed by atoms with Crippen LogP contribution in [0.25, 0.3) is 0 Å². The molecule has 2 fully saturated rings. The number of amides is 1. The molecule has 5 rings (SSSR count). The Balaban J connectivity index is 1.24. The number of piperidine rings is 2. The van der Waals surface area contributed by atoms with E-state index in [1.165, 1.54) is 23.3 Å². The Morgan fingerprint density at radius 3 is 2.00 bits per heavy atom. The summed E-state index contributed by atoms with van der Waals surface area (Å²) in [5.41, 5.74) is 6.15. The van der Waals surface area contributed by atoms with Crippen LogP contribution in [-0.4, -0.2) is 63.4 Å². The first-order chi connectivity index (χ1) is 17.9. The zero-order chi connectivity index (χ0) is 26.0. The lowest BCUT2D eigenvalue weighted by Crippen LogP contribution is -2.58. The first-order valence-corrected chi connectivity index (χ1v) is 13.6. The van der Waals surface area contributed by atoms with Crippen LogP contribution in [0.4, 0.5) is 11.4 Å². The van der Waals surface area contributed by atoms with E-state index in [9.17, 15) is 4.79 Å². The summed E-state index contributed by atoms with van der Waals surface area (Å²) in [7, 11) is 0. The summed E-state index contributed by atoms with van der Waals surface area (Å²) in [5.74, 6) is 0.0768. The number of carbonyl (C=O) groups excluding carboxylic acids is 1. The van der Waals surface area contributed by atoms with Gasteiger partial charge in [-0.3, -0.25) is 9.69 Å². The third kappa shape index (κ3) is 5.26. The fraction of sp³-hybridized carbons (Fsp3) is 0.452. The van der Waals surface area contributed by atoms with E-state index in [4.69, 9.17) is 0 Å². The number of para-hydroxylation sites is 1. The highest BCUT2D eigenvalue weighted by molar-refractivity contribution is 5.96. The van der Waals surface area contributed by atoms with E-state index in [0.717, 1.165) is 63.3 Å². The third-order valence-corrected chi connectivity index (χ3v) is 8.51. The molecule has 0 saturated carbocycles. The summed E-state index contributed by atoms with van der Waals surface area (Å²) in [6.07, 6.45) is 5.78. The largest absolute Gasteiger partial charge is 0.338 e. The van der Waals surface area contributed by atoms with Gasteiger partial charge in [-0.2, -0.15) is 0 Å². The molecule has 1 amide bonds. The molecule has 37 heavy (non-hydrogen) atoms. The van der Waals surface area contributed by atoms with Crippen LogP contribution < -0.4 is 4.90 Å². The minimum atomic E-state index is 0.0768. The number of hydrogen-bond acceptors (Lipinski definition) is 5. The lowest BCUT2D eigenvalue weighted by molar-refractivity contribution is 0.0176. The molecule has 3 aromatic rings. The minimum Gasteiger partial charge on any atom is -0.338 e. The van der Waals surface area contributed by atoms with Crippen molar-refractivity contribution < 1.29 is 4.79 Å². The van der Waals surface area contributed by atoms with Crippen LogP contribution in [0.5, 0.6) is 0 Å². The average Bonchev–Trinajstić information content (AvgIpc) is 2.91. The van der Waals surface area contributed by atoms with Crippen LogP contribution in [0.1, 0.15) is 59.9 Å². The number of nitrogens with zero attached hydrogens (tertiary/aromatic N) is 5. The summed E-state index contributed by atoms with van der Waals surface area (Å²) in [4.78, 5) is 29.0. The molecular weight excluding hydrogens is 458 g/mol. The average molecular weight is 498 g/mol. The molecule has 2 aliphatic rings. The van der Waals surface area contributed by atoms with Crippen molar-refractivity contribution in [3.63, 3.8) is 0 Å². The van der Waals surface area contributed by atoms with Gasteiger partial charge in [0.05, 0.1) is 17.0 Å². The van der Waals surface area contributed by atoms with Crippen molar-refractivity contribution in [3.05, 3.63) is 83.4 Å². The Hall–Kier alpha value is -3.25. The molecule has 0 N–H and O–H groups in total. The molecule has 0 unspecified atom stereocenters. The second-order valence-corrected chi connectivity index (χ2v) is 11.0. The van der Waals surface area contributed by atoms with E-state index in [-0.39, 0.29) is 11.4 Å². The SMILES string of the molecule is Cc1ccc(N(c2ccccc2)C2CCN(C3(C)CCN(C(=O)c4c(C)ncnc4C)CC3)CC2)cc1. The number of aromatic nitrogens is 2. The van der Waals surface area contributed by atoms with Crippen molar-refractivity contribution in [2.45, 2.75) is 65.0 Å². The number of benzene rings is 2. The van der Waals surface area contributed by atoms with Gasteiger partial charge in [-0.25, -0.2) is 9.97 Å². The molecule has 2 aromatic carbocycles. The predicted molar refractivity (Wildman–Crippen MR) is 149 cm³/mol. The first-order valence-electron chi connectivity index (χ1n) is 13.6. The van der Waals surface area contributed by atoms with Crippen LogP contribution in [0.15, 0.2) is 60.9 Å². The fourth-order valence-corrected chi connectivity index (χ4v) is 6.10. The second kappa shape index (κ2) is 10.6. The molecule has 0 aliphatic carbocycles. The van der Waals surface area contributed by atoms with Crippen molar-refractivity contribution in [1.82, 2.24) is 19.8 Å². The molecular formula is C31H39N5O. The number of carbonyl (C=O) groups is 1. The smallest absolute Gasteiger partial charge is 0.257 e. The van der Waals surface area contributed by atoms with Gasteiger partial charge in [-0.1, -0.05) is 35.9 Å². The lowest BCUT2D eigenvalue weighted by Gasteiger charge is -2.50. The van der Waals surface area contributed by atoms with E-state index in [1.807, 2.05) is 18.7 Å². The number of hydrogen-bond donors (Lipinski definition) is 0. The van der Waals surface area contributed by atoms with Crippen LogP contribution in [0, 0.1) is 20.8 Å². The lowest BCUT2D eigenvalue weighted by atomic mass is 9.85. The number of likely N-dealkylation sites (tertiary alicyclic amines) is 2. The van der Waals surface area contributed by atoms with Crippen LogP contribution >= 0.6 is 0 Å². The van der Waals surface area contributed by atoms with Crippen LogP contribution in [-0.2, 0) is 0 Å². The summed E-state index contributed by atoms with van der Waals surface area (Å²) in [6.45, 7) is 12.1. The van der Waals surface area contributed by atoms with Crippen molar-refractivity contribution in [2.75, 3.05) is 31.1 Å². The molecule has 6 nitrogen and oxygen atoms in total. The van der Waals surface area contributed by atoms with Gasteiger partial charge in [0.15, 0.2) is 0 Å². The zero-order valence-electron chi connectivity index (χ0n) is 22.7. The van der Waals surface area contributed by atoms with Crippen LogP contribution in [0.2, 0.25) is 0 Å². The van der Waals surface area contributed by atoms with Gasteiger partial charge in [-0.15, -0.1) is 0 Å². The Bertz CT molecular complexity index is 1190. The van der Waals surface area contributed by atoms with E-state index < -0.39 is 0 Å². The highest BCUT2D eigenvalue weighted by atomic mass is 16.2. The highest BCUT2D eigenvalue weighted by Gasteiger charge is 2.40. The summed E-state index contributed by atoms with van der Waals surface area (Å²) < 4.78 is 0. The Kier molecular flexibility index (Phi) is 7.29. The summed E-state index contributed by atoms with van der Waals surface area (Å²) in [5, 5.41) is 0. The molecule has 194 valence electrons. The molecule has 0 radical (unpaired) electrons. The van der Waals surface area contributed by atoms with E-state index in [2.05, 4.69) is 88.2 Å². The molecule has 2 saturated heterocycles. The topological polar surface area (TPSA) is 52.6 Å². The van der Waals surface area contributed by atoms with E-state index in [1.54, 1.807) is 0 Å². The molecule has 3 heterocycles. The predicted octanol–water partition coefficient (Wildman–Crippen LogP) is 5.70. The van der Waals surface area contributed by atoms with Gasteiger partial charge < -0.3 is 9.80 Å². The van der Waals surface area contributed by atoms with Gasteiger partial charge in [0.1, 0.15) is 6.33 Å². The monoisotopic (exact) mass is 497 g/mol. The Labute approximate surface area is 221 Å². The second-order valence-electron chi connectivity index (χ2n) is 11.0. The maximum Gasteiger partial charge on any atom is 0.257 e. The maximum absolute atomic E-state index is 13.3. The molecule has 0 spiro atoms. The maximum atomic E-state index is 13.3. The van der Waals surface area contributed by atoms with Gasteiger partial charge in [-0.05, 0) is 77.6 Å². The molecule has 1 aromatic heterocycles.